The number of hydrogen-bond donors (Lipinski definition) is 1. The maximum atomic E-state index is 10.3. The third-order valence-electron chi connectivity index (χ3n) is 2.07. The fraction of sp³-hybridized carbons (Fsp3) is 0.231. The van der Waals surface area contributed by atoms with Gasteiger partial charge in [0.1, 0.15) is 12.7 Å². The van der Waals surface area contributed by atoms with Gasteiger partial charge in [-0.05, 0) is 24.6 Å². The molecule has 0 aliphatic rings. The maximum Gasteiger partial charge on any atom is 0.315 e. The zero-order chi connectivity index (χ0) is 14.8. The predicted octanol–water partition coefficient (Wildman–Crippen LogP) is 0.714. The van der Waals surface area contributed by atoms with Crippen LogP contribution in [0, 0.1) is 18.3 Å². The van der Waals surface area contributed by atoms with E-state index in [0.29, 0.717) is 11.1 Å². The topological polar surface area (TPSA) is 110 Å². The predicted molar refractivity (Wildman–Crippen MR) is 67.1 cm³/mol. The summed E-state index contributed by atoms with van der Waals surface area (Å²) in [5.74, 6) is -1.27. The molecular formula is C13H14N2O4. The molecule has 1 aromatic carbocycles. The Labute approximate surface area is 110 Å². The standard InChI is InChI=1S/C9H7NO.C4H7NO3/c1-7-4-8(5-10)2-3-9(7)6-11;1-8-4(7)2-3(5)6/h2-4,6H,1H3;2H2,1H3,(H2,5,6). The number of methoxy groups -OCH3 is 1. The SMILES string of the molecule is COC(=O)CC(N)=O.Cc1cc(C#N)ccc1C=O. The van der Waals surface area contributed by atoms with Crippen LogP contribution in [0.3, 0.4) is 0 Å². The molecule has 0 heterocycles. The highest BCUT2D eigenvalue weighted by Crippen LogP contribution is 2.07. The van der Waals surface area contributed by atoms with Crippen molar-refractivity contribution in [1.82, 2.24) is 0 Å². The highest BCUT2D eigenvalue weighted by molar-refractivity contribution is 5.93. The number of rotatable bonds is 3. The third kappa shape index (κ3) is 6.58. The van der Waals surface area contributed by atoms with Crippen molar-refractivity contribution in [2.24, 2.45) is 5.73 Å². The van der Waals surface area contributed by atoms with Crippen molar-refractivity contribution in [3.8, 4) is 6.07 Å². The number of carbonyl (C=O) groups is 3. The summed E-state index contributed by atoms with van der Waals surface area (Å²) in [6, 6.07) is 6.99. The van der Waals surface area contributed by atoms with E-state index in [-0.39, 0.29) is 6.42 Å². The summed E-state index contributed by atoms with van der Waals surface area (Å²) in [6.07, 6.45) is 0.451. The van der Waals surface area contributed by atoms with Crippen LogP contribution in [0.25, 0.3) is 0 Å². The van der Waals surface area contributed by atoms with E-state index in [4.69, 9.17) is 5.26 Å². The number of nitrogens with two attached hydrogens (primary N) is 1. The fourth-order valence-corrected chi connectivity index (χ4v) is 1.09. The smallest absolute Gasteiger partial charge is 0.315 e. The number of nitrogens with zero attached hydrogens (tertiary/aromatic N) is 1. The van der Waals surface area contributed by atoms with Gasteiger partial charge in [0, 0.05) is 5.56 Å². The molecule has 19 heavy (non-hydrogen) atoms. The molecule has 1 amide bonds. The van der Waals surface area contributed by atoms with Gasteiger partial charge >= 0.3 is 5.97 Å². The molecule has 0 aliphatic carbocycles. The average Bonchev–Trinajstić information content (AvgIpc) is 2.38. The molecule has 0 radical (unpaired) electrons. The quantitative estimate of drug-likeness (QED) is 0.490. The van der Waals surface area contributed by atoms with Gasteiger partial charge in [-0.15, -0.1) is 0 Å². The molecule has 0 saturated heterocycles. The number of hydrogen-bond acceptors (Lipinski definition) is 5. The molecule has 1 rings (SSSR count). The van der Waals surface area contributed by atoms with E-state index in [2.05, 4.69) is 10.5 Å². The van der Waals surface area contributed by atoms with Gasteiger partial charge in [-0.2, -0.15) is 5.26 Å². The first-order valence-corrected chi connectivity index (χ1v) is 5.25. The molecule has 0 fully saturated rings. The van der Waals surface area contributed by atoms with Gasteiger partial charge in [-0.25, -0.2) is 0 Å². The lowest BCUT2D eigenvalue weighted by molar-refractivity contribution is -0.143. The first-order chi connectivity index (χ1) is 8.94. The van der Waals surface area contributed by atoms with Gasteiger partial charge in [0.05, 0.1) is 18.7 Å². The van der Waals surface area contributed by atoms with Crippen LogP contribution in [0.5, 0.6) is 0 Å². The van der Waals surface area contributed by atoms with E-state index in [9.17, 15) is 14.4 Å². The second-order valence-electron chi connectivity index (χ2n) is 3.52. The number of aryl methyl sites for hydroxylation is 1. The average molecular weight is 262 g/mol. The summed E-state index contributed by atoms with van der Waals surface area (Å²) in [5, 5.41) is 8.49. The monoisotopic (exact) mass is 262 g/mol. The minimum Gasteiger partial charge on any atom is -0.469 e. The van der Waals surface area contributed by atoms with Gasteiger partial charge in [0.15, 0.2) is 0 Å². The Morgan fingerprint density at radius 2 is 2.11 bits per heavy atom. The van der Waals surface area contributed by atoms with E-state index < -0.39 is 11.9 Å². The lowest BCUT2D eigenvalue weighted by atomic mass is 10.1. The summed E-state index contributed by atoms with van der Waals surface area (Å²) < 4.78 is 4.12. The van der Waals surface area contributed by atoms with Crippen molar-refractivity contribution in [3.05, 3.63) is 34.9 Å². The Morgan fingerprint density at radius 1 is 1.47 bits per heavy atom. The molecule has 100 valence electrons. The number of carbonyl (C=O) groups excluding carboxylic acids is 3. The first-order valence-electron chi connectivity index (χ1n) is 5.25. The summed E-state index contributed by atoms with van der Waals surface area (Å²) in [7, 11) is 1.20. The van der Waals surface area contributed by atoms with E-state index in [0.717, 1.165) is 11.8 Å². The Hall–Kier alpha value is -2.68. The van der Waals surface area contributed by atoms with Crippen molar-refractivity contribution in [1.29, 1.82) is 5.26 Å². The largest absolute Gasteiger partial charge is 0.469 e. The van der Waals surface area contributed by atoms with Crippen LogP contribution in [0.15, 0.2) is 18.2 Å². The van der Waals surface area contributed by atoms with E-state index in [1.54, 1.807) is 18.2 Å². The summed E-state index contributed by atoms with van der Waals surface area (Å²) in [4.78, 5) is 30.3. The normalized spacial score (nSPS) is 8.47. The lowest BCUT2D eigenvalue weighted by Gasteiger charge is -1.95. The zero-order valence-corrected chi connectivity index (χ0v) is 10.7. The van der Waals surface area contributed by atoms with Crippen LogP contribution in [0.2, 0.25) is 0 Å². The van der Waals surface area contributed by atoms with Crippen LogP contribution < -0.4 is 5.73 Å². The van der Waals surface area contributed by atoms with Crippen molar-refractivity contribution >= 4 is 18.2 Å². The van der Waals surface area contributed by atoms with Gasteiger partial charge in [0.2, 0.25) is 5.91 Å². The Balaban J connectivity index is 0.000000362. The Kier molecular flexibility index (Phi) is 7.23. The lowest BCUT2D eigenvalue weighted by Crippen LogP contribution is -2.16. The molecule has 0 unspecified atom stereocenters. The Bertz CT molecular complexity index is 518. The molecular weight excluding hydrogens is 248 g/mol. The van der Waals surface area contributed by atoms with Crippen molar-refractivity contribution in [2.45, 2.75) is 13.3 Å². The highest BCUT2D eigenvalue weighted by atomic mass is 16.5. The van der Waals surface area contributed by atoms with Crippen LogP contribution in [-0.4, -0.2) is 25.3 Å². The number of esters is 1. The molecule has 2 N–H and O–H groups in total. The van der Waals surface area contributed by atoms with Gasteiger partial charge < -0.3 is 10.5 Å². The summed E-state index contributed by atoms with van der Waals surface area (Å²) >= 11 is 0. The molecule has 0 bridgehead atoms. The van der Waals surface area contributed by atoms with Gasteiger partial charge in [-0.3, -0.25) is 14.4 Å². The van der Waals surface area contributed by atoms with Gasteiger partial charge in [-0.1, -0.05) is 6.07 Å². The Morgan fingerprint density at radius 3 is 2.42 bits per heavy atom. The first kappa shape index (κ1) is 16.3. The third-order valence-corrected chi connectivity index (χ3v) is 2.07. The van der Waals surface area contributed by atoms with Crippen molar-refractivity contribution in [2.75, 3.05) is 7.11 Å². The molecule has 0 atom stereocenters. The zero-order valence-electron chi connectivity index (χ0n) is 10.7. The summed E-state index contributed by atoms with van der Waals surface area (Å²) in [6.45, 7) is 1.81. The molecule has 0 aromatic heterocycles. The van der Waals surface area contributed by atoms with Crippen molar-refractivity contribution in [3.63, 3.8) is 0 Å². The maximum absolute atomic E-state index is 10.3. The second-order valence-corrected chi connectivity index (χ2v) is 3.52. The fourth-order valence-electron chi connectivity index (χ4n) is 1.09. The van der Waals surface area contributed by atoms with Crippen molar-refractivity contribution < 1.29 is 19.1 Å². The molecule has 0 spiro atoms. The van der Waals surface area contributed by atoms with Crippen LogP contribution in [0.1, 0.15) is 27.9 Å². The summed E-state index contributed by atoms with van der Waals surface area (Å²) in [5.41, 5.74) is 6.71. The number of amides is 1. The van der Waals surface area contributed by atoms with Crippen LogP contribution >= 0.6 is 0 Å². The van der Waals surface area contributed by atoms with E-state index in [1.165, 1.54) is 7.11 Å². The van der Waals surface area contributed by atoms with E-state index in [1.807, 2.05) is 13.0 Å². The number of primary amides is 1. The molecule has 0 saturated carbocycles. The van der Waals surface area contributed by atoms with Crippen LogP contribution in [0.4, 0.5) is 0 Å². The number of aldehydes is 1. The molecule has 6 nitrogen and oxygen atoms in total. The second kappa shape index (κ2) is 8.42. The van der Waals surface area contributed by atoms with Crippen LogP contribution in [-0.2, 0) is 14.3 Å². The number of benzene rings is 1. The molecule has 1 aromatic rings. The molecule has 6 heteroatoms. The van der Waals surface area contributed by atoms with Gasteiger partial charge in [0.25, 0.3) is 0 Å². The number of ether oxygens (including phenoxy) is 1. The molecule has 0 aliphatic heterocycles. The minimum atomic E-state index is -0.670. The minimum absolute atomic E-state index is 0.337. The number of nitriles is 1. The highest BCUT2D eigenvalue weighted by Gasteiger charge is 2.02. The van der Waals surface area contributed by atoms with E-state index >= 15 is 0 Å².